The first-order chi connectivity index (χ1) is 9.85. The maximum atomic E-state index is 5.09. The van der Waals surface area contributed by atoms with Gasteiger partial charge < -0.3 is 10.1 Å². The minimum Gasteiger partial charge on any atom is -0.385 e. The van der Waals surface area contributed by atoms with Crippen molar-refractivity contribution in [2.24, 2.45) is 0 Å². The number of fused-ring (bicyclic) bond motifs is 1. The number of aryl methyl sites for hydroxylation is 2. The van der Waals surface area contributed by atoms with Gasteiger partial charge >= 0.3 is 0 Å². The maximum absolute atomic E-state index is 5.09. The summed E-state index contributed by atoms with van der Waals surface area (Å²) in [4.78, 5) is 9.35. The third-order valence-electron chi connectivity index (χ3n) is 3.87. The monoisotopic (exact) mass is 277 g/mol. The number of ether oxygens (including phenoxy) is 1. The predicted molar refractivity (Wildman–Crippen MR) is 80.8 cm³/mol. The fourth-order valence-electron chi connectivity index (χ4n) is 2.78. The third-order valence-corrected chi connectivity index (χ3v) is 3.87. The number of nitrogens with zero attached hydrogens (tertiary/aromatic N) is 2. The molecule has 20 heavy (non-hydrogen) atoms. The molecular formula is C16H27N3O. The lowest BCUT2D eigenvalue weighted by atomic mass is 10.0. The van der Waals surface area contributed by atoms with Gasteiger partial charge in [-0.05, 0) is 38.6 Å². The van der Waals surface area contributed by atoms with Gasteiger partial charge in [-0.2, -0.15) is 0 Å². The smallest absolute Gasteiger partial charge is 0.128 e. The van der Waals surface area contributed by atoms with Crippen molar-refractivity contribution < 1.29 is 4.74 Å². The van der Waals surface area contributed by atoms with Crippen LogP contribution in [0.2, 0.25) is 0 Å². The SMILES string of the molecule is CCCNC1CCCCc2nc(CCCOC)ncc21. The fraction of sp³-hybridized carbons (Fsp3) is 0.750. The molecule has 0 radical (unpaired) electrons. The van der Waals surface area contributed by atoms with E-state index in [0.29, 0.717) is 6.04 Å². The highest BCUT2D eigenvalue weighted by Gasteiger charge is 2.19. The van der Waals surface area contributed by atoms with E-state index >= 15 is 0 Å². The standard InChI is InChI=1S/C16H27N3O/c1-3-10-17-14-7-4-5-8-15-13(14)12-18-16(19-15)9-6-11-20-2/h12,14,17H,3-11H2,1-2H3. The summed E-state index contributed by atoms with van der Waals surface area (Å²) >= 11 is 0. The molecule has 0 saturated carbocycles. The van der Waals surface area contributed by atoms with Gasteiger partial charge in [-0.15, -0.1) is 0 Å². The molecule has 1 heterocycles. The quantitative estimate of drug-likeness (QED) is 0.615. The van der Waals surface area contributed by atoms with Crippen molar-refractivity contribution in [3.05, 3.63) is 23.3 Å². The zero-order valence-corrected chi connectivity index (χ0v) is 12.8. The van der Waals surface area contributed by atoms with Gasteiger partial charge in [-0.1, -0.05) is 13.3 Å². The van der Waals surface area contributed by atoms with Crippen LogP contribution in [0.25, 0.3) is 0 Å². The van der Waals surface area contributed by atoms with Gasteiger partial charge in [0.25, 0.3) is 0 Å². The number of methoxy groups -OCH3 is 1. The van der Waals surface area contributed by atoms with Crippen LogP contribution in [0.5, 0.6) is 0 Å². The normalized spacial score (nSPS) is 18.6. The third kappa shape index (κ3) is 4.25. The van der Waals surface area contributed by atoms with Crippen molar-refractivity contribution in [1.82, 2.24) is 15.3 Å². The van der Waals surface area contributed by atoms with Crippen molar-refractivity contribution >= 4 is 0 Å². The second-order valence-electron chi connectivity index (χ2n) is 5.54. The molecule has 1 aliphatic carbocycles. The largest absolute Gasteiger partial charge is 0.385 e. The van der Waals surface area contributed by atoms with Crippen LogP contribution in [0.3, 0.4) is 0 Å². The van der Waals surface area contributed by atoms with Crippen molar-refractivity contribution in [1.29, 1.82) is 0 Å². The van der Waals surface area contributed by atoms with E-state index in [1.807, 2.05) is 0 Å². The van der Waals surface area contributed by atoms with Crippen molar-refractivity contribution in [3.63, 3.8) is 0 Å². The first-order valence-corrected chi connectivity index (χ1v) is 7.92. The van der Waals surface area contributed by atoms with Gasteiger partial charge in [0.2, 0.25) is 0 Å². The van der Waals surface area contributed by atoms with E-state index in [4.69, 9.17) is 9.72 Å². The van der Waals surface area contributed by atoms with Gasteiger partial charge in [-0.3, -0.25) is 0 Å². The zero-order valence-electron chi connectivity index (χ0n) is 12.8. The molecule has 0 aromatic carbocycles. The summed E-state index contributed by atoms with van der Waals surface area (Å²) in [6.07, 6.45) is 9.95. The topological polar surface area (TPSA) is 47.0 Å². The lowest BCUT2D eigenvalue weighted by Gasteiger charge is -2.18. The summed E-state index contributed by atoms with van der Waals surface area (Å²) in [5, 5.41) is 3.64. The van der Waals surface area contributed by atoms with Crippen LogP contribution in [0.4, 0.5) is 0 Å². The molecule has 2 rings (SSSR count). The van der Waals surface area contributed by atoms with E-state index in [2.05, 4.69) is 23.4 Å². The Bertz CT molecular complexity index is 409. The summed E-state index contributed by atoms with van der Waals surface area (Å²) in [6.45, 7) is 4.06. The number of aromatic nitrogens is 2. The Morgan fingerprint density at radius 1 is 1.40 bits per heavy atom. The summed E-state index contributed by atoms with van der Waals surface area (Å²) < 4.78 is 5.09. The Balaban J connectivity index is 2.08. The van der Waals surface area contributed by atoms with E-state index in [1.54, 1.807) is 7.11 Å². The highest BCUT2D eigenvalue weighted by Crippen LogP contribution is 2.27. The number of hydrogen-bond acceptors (Lipinski definition) is 4. The molecular weight excluding hydrogens is 250 g/mol. The highest BCUT2D eigenvalue weighted by molar-refractivity contribution is 5.23. The average Bonchev–Trinajstić information content (AvgIpc) is 2.67. The lowest BCUT2D eigenvalue weighted by molar-refractivity contribution is 0.194. The molecule has 0 spiro atoms. The molecule has 1 aromatic rings. The molecule has 1 atom stereocenters. The molecule has 1 N–H and O–H groups in total. The Hall–Kier alpha value is -1.00. The minimum atomic E-state index is 0.445. The Labute approximate surface area is 122 Å². The number of hydrogen-bond donors (Lipinski definition) is 1. The first-order valence-electron chi connectivity index (χ1n) is 7.92. The summed E-state index contributed by atoms with van der Waals surface area (Å²) in [6, 6.07) is 0.445. The maximum Gasteiger partial charge on any atom is 0.128 e. The second kappa shape index (κ2) is 8.32. The zero-order chi connectivity index (χ0) is 14.2. The second-order valence-corrected chi connectivity index (χ2v) is 5.54. The van der Waals surface area contributed by atoms with Crippen LogP contribution in [0.15, 0.2) is 6.20 Å². The van der Waals surface area contributed by atoms with Crippen molar-refractivity contribution in [2.45, 2.75) is 57.9 Å². The molecule has 0 saturated heterocycles. The molecule has 112 valence electrons. The van der Waals surface area contributed by atoms with Crippen LogP contribution in [0, 0.1) is 0 Å². The van der Waals surface area contributed by atoms with E-state index in [0.717, 1.165) is 38.2 Å². The van der Waals surface area contributed by atoms with Crippen LogP contribution in [0.1, 0.15) is 62.2 Å². The van der Waals surface area contributed by atoms with Crippen molar-refractivity contribution in [3.8, 4) is 0 Å². The van der Waals surface area contributed by atoms with E-state index in [1.165, 1.54) is 36.9 Å². The van der Waals surface area contributed by atoms with Crippen LogP contribution in [-0.4, -0.2) is 30.2 Å². The average molecular weight is 277 g/mol. The minimum absolute atomic E-state index is 0.445. The highest BCUT2D eigenvalue weighted by atomic mass is 16.5. The van der Waals surface area contributed by atoms with Gasteiger partial charge in [0.15, 0.2) is 0 Å². The molecule has 1 aliphatic rings. The molecule has 0 fully saturated rings. The molecule has 1 aromatic heterocycles. The molecule has 4 nitrogen and oxygen atoms in total. The van der Waals surface area contributed by atoms with E-state index in [-0.39, 0.29) is 0 Å². The van der Waals surface area contributed by atoms with Gasteiger partial charge in [0, 0.05) is 43.6 Å². The first kappa shape index (κ1) is 15.4. The van der Waals surface area contributed by atoms with E-state index in [9.17, 15) is 0 Å². The summed E-state index contributed by atoms with van der Waals surface area (Å²) in [7, 11) is 1.74. The van der Waals surface area contributed by atoms with Crippen LogP contribution in [-0.2, 0) is 17.6 Å². The molecule has 0 aliphatic heterocycles. The Morgan fingerprint density at radius 3 is 3.10 bits per heavy atom. The van der Waals surface area contributed by atoms with Crippen LogP contribution < -0.4 is 5.32 Å². The molecule has 1 unspecified atom stereocenters. The molecule has 0 bridgehead atoms. The summed E-state index contributed by atoms with van der Waals surface area (Å²) in [5.74, 6) is 0.969. The van der Waals surface area contributed by atoms with Crippen LogP contribution >= 0.6 is 0 Å². The van der Waals surface area contributed by atoms with E-state index < -0.39 is 0 Å². The predicted octanol–water partition coefficient (Wildman–Crippen LogP) is 2.82. The number of rotatable bonds is 7. The molecule has 4 heteroatoms. The summed E-state index contributed by atoms with van der Waals surface area (Å²) in [5.41, 5.74) is 2.59. The van der Waals surface area contributed by atoms with Gasteiger partial charge in [0.1, 0.15) is 5.82 Å². The van der Waals surface area contributed by atoms with Gasteiger partial charge in [-0.25, -0.2) is 9.97 Å². The van der Waals surface area contributed by atoms with Gasteiger partial charge in [0.05, 0.1) is 0 Å². The lowest BCUT2D eigenvalue weighted by Crippen LogP contribution is -2.23. The number of nitrogens with one attached hydrogen (secondary N) is 1. The van der Waals surface area contributed by atoms with Crippen molar-refractivity contribution in [2.75, 3.05) is 20.3 Å². The molecule has 0 amide bonds. The Morgan fingerprint density at radius 2 is 2.30 bits per heavy atom. The Kier molecular flexibility index (Phi) is 6.40. The fourth-order valence-corrected chi connectivity index (χ4v) is 2.78.